The first-order valence-electron chi connectivity index (χ1n) is 5.38. The van der Waals surface area contributed by atoms with E-state index < -0.39 is 10.0 Å². The van der Waals surface area contributed by atoms with Crippen molar-refractivity contribution in [3.63, 3.8) is 0 Å². The van der Waals surface area contributed by atoms with Crippen molar-refractivity contribution in [2.75, 3.05) is 17.6 Å². The van der Waals surface area contributed by atoms with E-state index in [4.69, 9.17) is 15.4 Å². The molecule has 0 spiro atoms. The lowest BCUT2D eigenvalue weighted by molar-refractivity contribution is 0.380. The van der Waals surface area contributed by atoms with Gasteiger partial charge in [0.05, 0.1) is 16.3 Å². The zero-order valence-corrected chi connectivity index (χ0v) is 10.7. The first-order valence-corrected chi connectivity index (χ1v) is 6.93. The van der Waals surface area contributed by atoms with E-state index in [1.165, 1.54) is 24.5 Å². The molecule has 0 radical (unpaired) electrons. The molecule has 0 aliphatic heterocycles. The lowest BCUT2D eigenvalue weighted by atomic mass is 10.2. The number of anilines is 2. The summed E-state index contributed by atoms with van der Waals surface area (Å²) in [6.45, 7) is 0.473. The van der Waals surface area contributed by atoms with Crippen LogP contribution in [0, 0.1) is 0 Å². The van der Waals surface area contributed by atoms with Crippen LogP contribution in [0.1, 0.15) is 5.89 Å². The third kappa shape index (κ3) is 3.42. The molecule has 19 heavy (non-hydrogen) atoms. The molecule has 0 saturated carbocycles. The minimum absolute atomic E-state index is 0.00184. The van der Waals surface area contributed by atoms with Gasteiger partial charge in [0.15, 0.2) is 6.33 Å². The number of hydrogen-bond donors (Lipinski definition) is 3. The van der Waals surface area contributed by atoms with Crippen LogP contribution in [0.15, 0.2) is 33.9 Å². The van der Waals surface area contributed by atoms with E-state index in [9.17, 15) is 8.42 Å². The van der Waals surface area contributed by atoms with Gasteiger partial charge < -0.3 is 15.6 Å². The number of sulfonamides is 1. The number of nitrogens with zero attached hydrogens (tertiary/aromatic N) is 2. The van der Waals surface area contributed by atoms with Crippen molar-refractivity contribution in [1.29, 1.82) is 0 Å². The minimum atomic E-state index is -3.75. The van der Waals surface area contributed by atoms with Crippen LogP contribution in [0.25, 0.3) is 0 Å². The van der Waals surface area contributed by atoms with E-state index in [2.05, 4.69) is 15.5 Å². The smallest absolute Gasteiger partial charge is 0.238 e. The highest BCUT2D eigenvalue weighted by Gasteiger charge is 2.10. The predicted octanol–water partition coefficient (Wildman–Crippen LogP) is -0.0462. The Morgan fingerprint density at radius 3 is 2.79 bits per heavy atom. The molecule has 1 aromatic carbocycles. The maximum atomic E-state index is 11.2. The topological polar surface area (TPSA) is 137 Å². The minimum Gasteiger partial charge on any atom is -0.397 e. The number of nitrogens with two attached hydrogens (primary N) is 2. The maximum absolute atomic E-state index is 11.2. The summed E-state index contributed by atoms with van der Waals surface area (Å²) in [7, 11) is -3.75. The van der Waals surface area contributed by atoms with Crippen molar-refractivity contribution in [1.82, 2.24) is 10.1 Å². The van der Waals surface area contributed by atoms with Crippen LogP contribution in [0.3, 0.4) is 0 Å². The molecule has 5 N–H and O–H groups in total. The summed E-state index contributed by atoms with van der Waals surface area (Å²) < 4.78 is 27.3. The van der Waals surface area contributed by atoms with Gasteiger partial charge in [0, 0.05) is 13.0 Å². The monoisotopic (exact) mass is 283 g/mol. The fraction of sp³-hybridized carbons (Fsp3) is 0.200. The summed E-state index contributed by atoms with van der Waals surface area (Å²) in [6, 6.07) is 4.22. The second kappa shape index (κ2) is 5.24. The lowest BCUT2D eigenvalue weighted by Crippen LogP contribution is -2.13. The summed E-state index contributed by atoms with van der Waals surface area (Å²) in [5.41, 5.74) is 6.66. The molecule has 0 saturated heterocycles. The highest BCUT2D eigenvalue weighted by atomic mass is 32.2. The molecule has 9 heteroatoms. The number of aromatic nitrogens is 2. The molecular weight excluding hydrogens is 270 g/mol. The second-order valence-corrected chi connectivity index (χ2v) is 5.37. The SMILES string of the molecule is Nc1ccc(S(N)(=O)=O)cc1NCCc1ncno1. The normalized spacial score (nSPS) is 11.4. The number of benzene rings is 1. The van der Waals surface area contributed by atoms with Crippen LogP contribution in [-0.4, -0.2) is 25.1 Å². The Bertz CT molecular complexity index is 654. The van der Waals surface area contributed by atoms with E-state index in [1.54, 1.807) is 0 Å². The number of rotatable bonds is 5. The average Bonchev–Trinajstić information content (AvgIpc) is 2.83. The second-order valence-electron chi connectivity index (χ2n) is 3.81. The van der Waals surface area contributed by atoms with Gasteiger partial charge in [0.1, 0.15) is 0 Å². The molecule has 0 aliphatic carbocycles. The molecule has 0 amide bonds. The molecule has 0 atom stereocenters. The van der Waals surface area contributed by atoms with Crippen molar-refractivity contribution in [3.05, 3.63) is 30.4 Å². The van der Waals surface area contributed by atoms with Crippen LogP contribution >= 0.6 is 0 Å². The van der Waals surface area contributed by atoms with Gasteiger partial charge in [-0.15, -0.1) is 0 Å². The fourth-order valence-corrected chi connectivity index (χ4v) is 2.02. The van der Waals surface area contributed by atoms with Crippen LogP contribution in [0.5, 0.6) is 0 Å². The van der Waals surface area contributed by atoms with Gasteiger partial charge >= 0.3 is 0 Å². The van der Waals surface area contributed by atoms with Gasteiger partial charge in [-0.05, 0) is 18.2 Å². The van der Waals surface area contributed by atoms with E-state index in [0.717, 1.165) is 0 Å². The molecular formula is C10H13N5O3S. The molecule has 2 rings (SSSR count). The Morgan fingerprint density at radius 2 is 2.16 bits per heavy atom. The average molecular weight is 283 g/mol. The van der Waals surface area contributed by atoms with Gasteiger partial charge in [0.25, 0.3) is 0 Å². The predicted molar refractivity (Wildman–Crippen MR) is 68.7 cm³/mol. The van der Waals surface area contributed by atoms with Crippen molar-refractivity contribution in [2.24, 2.45) is 5.14 Å². The van der Waals surface area contributed by atoms with Crippen LogP contribution in [-0.2, 0) is 16.4 Å². The molecule has 1 aromatic heterocycles. The van der Waals surface area contributed by atoms with Gasteiger partial charge in [0.2, 0.25) is 15.9 Å². The summed E-state index contributed by atoms with van der Waals surface area (Å²) in [5, 5.41) is 11.5. The quantitative estimate of drug-likeness (QED) is 0.654. The van der Waals surface area contributed by atoms with E-state index in [-0.39, 0.29) is 4.90 Å². The molecule has 0 aliphatic rings. The number of nitrogen functional groups attached to an aromatic ring is 1. The standard InChI is InChI=1S/C10H13N5O3S/c11-8-2-1-7(19(12,16)17)5-9(8)13-4-3-10-14-6-15-18-10/h1-2,5-6,13H,3-4,11H2,(H2,12,16,17). The van der Waals surface area contributed by atoms with Gasteiger partial charge in [-0.2, -0.15) is 4.98 Å². The van der Waals surface area contributed by atoms with Crippen LogP contribution in [0.2, 0.25) is 0 Å². The molecule has 102 valence electrons. The number of nitrogens with one attached hydrogen (secondary N) is 1. The van der Waals surface area contributed by atoms with Crippen molar-refractivity contribution in [2.45, 2.75) is 11.3 Å². The Morgan fingerprint density at radius 1 is 1.37 bits per heavy atom. The summed E-state index contributed by atoms with van der Waals surface area (Å²) >= 11 is 0. The zero-order chi connectivity index (χ0) is 13.9. The van der Waals surface area contributed by atoms with Gasteiger partial charge in [-0.25, -0.2) is 13.6 Å². The molecule has 2 aromatic rings. The third-order valence-electron chi connectivity index (χ3n) is 2.41. The molecule has 0 bridgehead atoms. The molecule has 0 unspecified atom stereocenters. The summed E-state index contributed by atoms with van der Waals surface area (Å²) in [6.07, 6.45) is 1.81. The zero-order valence-electron chi connectivity index (χ0n) is 9.91. The Balaban J connectivity index is 2.07. The van der Waals surface area contributed by atoms with E-state index >= 15 is 0 Å². The van der Waals surface area contributed by atoms with Crippen molar-refractivity contribution in [3.8, 4) is 0 Å². The van der Waals surface area contributed by atoms with Crippen molar-refractivity contribution >= 4 is 21.4 Å². The summed E-state index contributed by atoms with van der Waals surface area (Å²) in [4.78, 5) is 3.86. The van der Waals surface area contributed by atoms with Crippen molar-refractivity contribution < 1.29 is 12.9 Å². The first kappa shape index (κ1) is 13.3. The van der Waals surface area contributed by atoms with Crippen LogP contribution in [0.4, 0.5) is 11.4 Å². The first-order chi connectivity index (χ1) is 8.97. The van der Waals surface area contributed by atoms with Gasteiger partial charge in [-0.3, -0.25) is 0 Å². The molecule has 8 nitrogen and oxygen atoms in total. The molecule has 0 fully saturated rings. The number of hydrogen-bond acceptors (Lipinski definition) is 7. The van der Waals surface area contributed by atoms with E-state index in [1.807, 2.05) is 0 Å². The third-order valence-corrected chi connectivity index (χ3v) is 3.33. The fourth-order valence-electron chi connectivity index (χ4n) is 1.48. The highest BCUT2D eigenvalue weighted by molar-refractivity contribution is 7.89. The Hall–Kier alpha value is -2.13. The van der Waals surface area contributed by atoms with Crippen LogP contribution < -0.4 is 16.2 Å². The highest BCUT2D eigenvalue weighted by Crippen LogP contribution is 2.22. The van der Waals surface area contributed by atoms with E-state index in [0.29, 0.717) is 30.2 Å². The Labute approximate surface area is 109 Å². The number of primary sulfonamides is 1. The maximum Gasteiger partial charge on any atom is 0.238 e. The summed E-state index contributed by atoms with van der Waals surface area (Å²) in [5.74, 6) is 0.480. The molecule has 1 heterocycles. The lowest BCUT2D eigenvalue weighted by Gasteiger charge is -2.09. The largest absolute Gasteiger partial charge is 0.397 e. The van der Waals surface area contributed by atoms with Gasteiger partial charge in [-0.1, -0.05) is 5.16 Å². The Kier molecular flexibility index (Phi) is 3.67.